The zero-order valence-electron chi connectivity index (χ0n) is 19.6. The number of piperazine rings is 1. The molecule has 2 aliphatic rings. The number of aromatic amines is 1. The van der Waals surface area contributed by atoms with Gasteiger partial charge in [-0.15, -0.1) is 0 Å². The van der Waals surface area contributed by atoms with Crippen LogP contribution in [0, 0.1) is 5.92 Å². The summed E-state index contributed by atoms with van der Waals surface area (Å²) in [6.07, 6.45) is 1.74. The first-order chi connectivity index (χ1) is 16.5. The highest BCUT2D eigenvalue weighted by atomic mass is 35.5. The molecule has 2 saturated heterocycles. The van der Waals surface area contributed by atoms with Crippen molar-refractivity contribution in [3.05, 3.63) is 63.9 Å². The first kappa shape index (κ1) is 22.9. The van der Waals surface area contributed by atoms with Gasteiger partial charge in [-0.25, -0.2) is 0 Å². The molecule has 2 fully saturated rings. The van der Waals surface area contributed by atoms with Gasteiger partial charge in [0.2, 0.25) is 5.91 Å². The summed E-state index contributed by atoms with van der Waals surface area (Å²) in [5.41, 5.74) is 3.12. The van der Waals surface area contributed by atoms with Crippen molar-refractivity contribution in [3.63, 3.8) is 0 Å². The Morgan fingerprint density at radius 3 is 2.56 bits per heavy atom. The van der Waals surface area contributed by atoms with Crippen LogP contribution < -0.4 is 10.5 Å². The number of anilines is 1. The third-order valence-corrected chi connectivity index (χ3v) is 7.47. The molecule has 0 unspecified atom stereocenters. The number of piperidine rings is 1. The van der Waals surface area contributed by atoms with E-state index in [0.29, 0.717) is 17.3 Å². The van der Waals surface area contributed by atoms with Gasteiger partial charge in [0.25, 0.3) is 5.56 Å². The van der Waals surface area contributed by atoms with Gasteiger partial charge in [0, 0.05) is 60.8 Å². The Kier molecular flexibility index (Phi) is 6.61. The first-order valence-corrected chi connectivity index (χ1v) is 12.6. The highest BCUT2D eigenvalue weighted by molar-refractivity contribution is 6.31. The zero-order valence-corrected chi connectivity index (χ0v) is 20.4. The fourth-order valence-electron chi connectivity index (χ4n) is 5.38. The van der Waals surface area contributed by atoms with Gasteiger partial charge in [-0.2, -0.15) is 0 Å². The molecule has 0 radical (unpaired) electrons. The third kappa shape index (κ3) is 4.44. The number of hydrogen-bond acceptors (Lipinski definition) is 4. The summed E-state index contributed by atoms with van der Waals surface area (Å²) in [6.45, 7) is 7.93. The van der Waals surface area contributed by atoms with Crippen molar-refractivity contribution >= 4 is 34.1 Å². The van der Waals surface area contributed by atoms with Crippen molar-refractivity contribution in [1.29, 1.82) is 0 Å². The number of aromatic nitrogens is 1. The molecule has 1 amide bonds. The minimum atomic E-state index is -0.127. The number of halogens is 1. The quantitative estimate of drug-likeness (QED) is 0.609. The molecule has 7 heteroatoms. The van der Waals surface area contributed by atoms with Gasteiger partial charge in [0.05, 0.1) is 5.92 Å². The summed E-state index contributed by atoms with van der Waals surface area (Å²) in [6, 6.07) is 15.6. The summed E-state index contributed by atoms with van der Waals surface area (Å²) >= 11 is 6.37. The predicted octanol–water partition coefficient (Wildman–Crippen LogP) is 4.23. The van der Waals surface area contributed by atoms with Crippen molar-refractivity contribution in [1.82, 2.24) is 14.8 Å². The van der Waals surface area contributed by atoms with E-state index in [4.69, 9.17) is 11.6 Å². The molecule has 6 nitrogen and oxygen atoms in total. The molecule has 1 N–H and O–H groups in total. The van der Waals surface area contributed by atoms with Gasteiger partial charge in [-0.05, 0) is 43.1 Å². The lowest BCUT2D eigenvalue weighted by Gasteiger charge is -2.39. The molecule has 0 bridgehead atoms. The maximum absolute atomic E-state index is 13.4. The van der Waals surface area contributed by atoms with Crippen LogP contribution in [-0.4, -0.2) is 66.5 Å². The Morgan fingerprint density at radius 1 is 1.06 bits per heavy atom. The number of benzene rings is 2. The lowest BCUT2D eigenvalue weighted by atomic mass is 9.93. The maximum Gasteiger partial charge on any atom is 0.272 e. The van der Waals surface area contributed by atoms with E-state index in [1.165, 1.54) is 0 Å². The lowest BCUT2D eigenvalue weighted by molar-refractivity contribution is -0.137. The topological polar surface area (TPSA) is 59.6 Å². The number of pyridine rings is 1. The number of hydrogen-bond donors (Lipinski definition) is 1. The summed E-state index contributed by atoms with van der Waals surface area (Å²) < 4.78 is 0. The highest BCUT2D eigenvalue weighted by Gasteiger charge is 2.33. The number of rotatable bonds is 4. The maximum atomic E-state index is 13.4. The second-order valence-electron chi connectivity index (χ2n) is 9.28. The number of nitrogens with one attached hydrogen (secondary N) is 1. The monoisotopic (exact) mass is 478 g/mol. The Hall–Kier alpha value is -2.83. The molecule has 3 heterocycles. The molecule has 1 aromatic heterocycles. The number of carbonyl (C=O) groups excluding carboxylic acids is 1. The van der Waals surface area contributed by atoms with Crippen LogP contribution in [0.25, 0.3) is 22.0 Å². The fraction of sp³-hybridized carbons (Fsp3) is 0.407. The van der Waals surface area contributed by atoms with Crippen LogP contribution in [0.5, 0.6) is 0 Å². The molecule has 0 aliphatic carbocycles. The van der Waals surface area contributed by atoms with E-state index in [1.807, 2.05) is 47.4 Å². The number of amides is 1. The van der Waals surface area contributed by atoms with Crippen LogP contribution in [0.3, 0.4) is 0 Å². The summed E-state index contributed by atoms with van der Waals surface area (Å²) in [7, 11) is 0. The van der Waals surface area contributed by atoms with E-state index in [1.54, 1.807) is 6.07 Å². The van der Waals surface area contributed by atoms with Gasteiger partial charge in [0.15, 0.2) is 0 Å². The Balaban J connectivity index is 1.51. The van der Waals surface area contributed by atoms with Crippen molar-refractivity contribution in [3.8, 4) is 11.1 Å². The molecular weight excluding hydrogens is 448 g/mol. The SMILES string of the molecule is CCN1CCN(C(=O)[C@@H]2CCCN(c3c(-c4ccccc4)c4cc(Cl)ccc4[nH]c3=O)C2)CC1. The van der Waals surface area contributed by atoms with Crippen LogP contribution >= 0.6 is 11.6 Å². The van der Waals surface area contributed by atoms with E-state index in [9.17, 15) is 9.59 Å². The Bertz CT molecular complexity index is 1230. The van der Waals surface area contributed by atoms with Crippen molar-refractivity contribution in [2.24, 2.45) is 5.92 Å². The lowest BCUT2D eigenvalue weighted by Crippen LogP contribution is -2.52. The summed E-state index contributed by atoms with van der Waals surface area (Å²) in [5.74, 6) is 0.127. The van der Waals surface area contributed by atoms with Gasteiger partial charge in [-0.3, -0.25) is 9.59 Å². The molecule has 2 aromatic carbocycles. The van der Waals surface area contributed by atoms with Crippen LogP contribution in [0.1, 0.15) is 19.8 Å². The van der Waals surface area contributed by atoms with Gasteiger partial charge < -0.3 is 19.7 Å². The van der Waals surface area contributed by atoms with Gasteiger partial charge in [-0.1, -0.05) is 48.9 Å². The zero-order chi connectivity index (χ0) is 23.7. The minimum absolute atomic E-state index is 0.0972. The largest absolute Gasteiger partial charge is 0.366 e. The number of nitrogens with zero attached hydrogens (tertiary/aromatic N) is 3. The molecule has 34 heavy (non-hydrogen) atoms. The average Bonchev–Trinajstić information content (AvgIpc) is 2.88. The van der Waals surface area contributed by atoms with Crippen LogP contribution in [0.15, 0.2) is 53.3 Å². The summed E-state index contributed by atoms with van der Waals surface area (Å²) in [5, 5.41) is 1.54. The summed E-state index contributed by atoms with van der Waals surface area (Å²) in [4.78, 5) is 36.4. The molecular formula is C27H31ClN4O2. The predicted molar refractivity (Wildman–Crippen MR) is 139 cm³/mol. The van der Waals surface area contributed by atoms with E-state index >= 15 is 0 Å². The van der Waals surface area contributed by atoms with E-state index < -0.39 is 0 Å². The number of carbonyl (C=O) groups is 1. The van der Waals surface area contributed by atoms with E-state index in [0.717, 1.165) is 74.1 Å². The number of H-pyrrole nitrogens is 1. The van der Waals surface area contributed by atoms with Crippen LogP contribution in [0.2, 0.25) is 5.02 Å². The fourth-order valence-corrected chi connectivity index (χ4v) is 5.55. The third-order valence-electron chi connectivity index (χ3n) is 7.23. The molecule has 178 valence electrons. The molecule has 5 rings (SSSR count). The Labute approximate surface area is 205 Å². The molecule has 0 saturated carbocycles. The second-order valence-corrected chi connectivity index (χ2v) is 9.71. The normalized spacial score (nSPS) is 19.5. The van der Waals surface area contributed by atoms with Crippen LogP contribution in [0.4, 0.5) is 5.69 Å². The smallest absolute Gasteiger partial charge is 0.272 e. The second kappa shape index (κ2) is 9.80. The Morgan fingerprint density at radius 2 is 1.82 bits per heavy atom. The average molecular weight is 479 g/mol. The first-order valence-electron chi connectivity index (χ1n) is 12.2. The van der Waals surface area contributed by atoms with E-state index in [-0.39, 0.29) is 17.4 Å². The van der Waals surface area contributed by atoms with Gasteiger partial charge in [0.1, 0.15) is 5.69 Å². The van der Waals surface area contributed by atoms with Gasteiger partial charge >= 0.3 is 0 Å². The van der Waals surface area contributed by atoms with E-state index in [2.05, 4.69) is 21.7 Å². The molecule has 3 aromatic rings. The minimum Gasteiger partial charge on any atom is -0.366 e. The number of likely N-dealkylation sites (N-methyl/N-ethyl adjacent to an activating group) is 1. The van der Waals surface area contributed by atoms with Crippen molar-refractivity contribution < 1.29 is 4.79 Å². The number of fused-ring (bicyclic) bond motifs is 1. The highest BCUT2D eigenvalue weighted by Crippen LogP contribution is 2.37. The van der Waals surface area contributed by atoms with Crippen molar-refractivity contribution in [2.45, 2.75) is 19.8 Å². The molecule has 2 aliphatic heterocycles. The van der Waals surface area contributed by atoms with Crippen LogP contribution in [-0.2, 0) is 4.79 Å². The molecule has 0 spiro atoms. The van der Waals surface area contributed by atoms with Crippen molar-refractivity contribution in [2.75, 3.05) is 50.7 Å². The molecule has 1 atom stereocenters. The standard InChI is InChI=1S/C27H31ClN4O2/c1-2-30-13-15-31(16-14-30)27(34)20-9-6-12-32(18-20)25-24(19-7-4-3-5-8-19)22-17-21(28)10-11-23(22)29-26(25)33/h3-5,7-8,10-11,17,20H,2,6,9,12-16,18H2,1H3,(H,29,33)/t20-/m1/s1.